The maximum absolute atomic E-state index is 12.6. The molecule has 2 saturated heterocycles. The number of ether oxygens (including phenoxy) is 2. The molecule has 21 heavy (non-hydrogen) atoms. The Morgan fingerprint density at radius 1 is 1.05 bits per heavy atom. The van der Waals surface area contributed by atoms with Crippen LogP contribution in [0.1, 0.15) is 19.3 Å². The SMILES string of the molecule is O=S(=O)(c1ccc(I)cc1)N1CCC2(CC1)OCCCO2. The highest BCUT2D eigenvalue weighted by Crippen LogP contribution is 2.32. The van der Waals surface area contributed by atoms with Crippen molar-refractivity contribution in [3.8, 4) is 0 Å². The van der Waals surface area contributed by atoms with Crippen LogP contribution in [0.3, 0.4) is 0 Å². The van der Waals surface area contributed by atoms with Crippen LogP contribution in [-0.4, -0.2) is 44.8 Å². The summed E-state index contributed by atoms with van der Waals surface area (Å²) in [5, 5.41) is 0. The van der Waals surface area contributed by atoms with Crippen molar-refractivity contribution in [1.29, 1.82) is 0 Å². The fraction of sp³-hybridized carbons (Fsp3) is 0.571. The molecule has 2 fully saturated rings. The lowest BCUT2D eigenvalue weighted by atomic mass is 10.0. The van der Waals surface area contributed by atoms with Crippen molar-refractivity contribution in [2.24, 2.45) is 0 Å². The van der Waals surface area contributed by atoms with E-state index in [1.165, 1.54) is 4.31 Å². The van der Waals surface area contributed by atoms with E-state index in [0.29, 0.717) is 44.0 Å². The molecule has 3 rings (SSSR count). The Labute approximate surface area is 138 Å². The highest BCUT2D eigenvalue weighted by atomic mass is 127. The van der Waals surface area contributed by atoms with Crippen molar-refractivity contribution in [2.45, 2.75) is 29.9 Å². The fourth-order valence-corrected chi connectivity index (χ4v) is 4.53. The van der Waals surface area contributed by atoms with Crippen LogP contribution in [0.2, 0.25) is 0 Å². The van der Waals surface area contributed by atoms with Crippen LogP contribution < -0.4 is 0 Å². The van der Waals surface area contributed by atoms with Gasteiger partial charge in [-0.3, -0.25) is 0 Å². The number of rotatable bonds is 2. The molecule has 2 heterocycles. The van der Waals surface area contributed by atoms with Gasteiger partial charge in [0, 0.05) is 29.5 Å². The largest absolute Gasteiger partial charge is 0.350 e. The standard InChI is InChI=1S/C14H18INO4S/c15-12-2-4-13(5-3-12)21(17,18)16-8-6-14(7-9-16)19-10-1-11-20-14/h2-5H,1,6-11H2. The second kappa shape index (κ2) is 6.11. The average molecular weight is 423 g/mol. The van der Waals surface area contributed by atoms with Crippen LogP contribution in [0.4, 0.5) is 0 Å². The van der Waals surface area contributed by atoms with Crippen molar-refractivity contribution < 1.29 is 17.9 Å². The third-order valence-electron chi connectivity index (χ3n) is 3.95. The molecule has 116 valence electrons. The third kappa shape index (κ3) is 3.26. The molecule has 1 aromatic rings. The number of nitrogens with zero attached hydrogens (tertiary/aromatic N) is 1. The highest BCUT2D eigenvalue weighted by molar-refractivity contribution is 14.1. The Morgan fingerprint density at radius 3 is 2.19 bits per heavy atom. The Balaban J connectivity index is 1.72. The van der Waals surface area contributed by atoms with Crippen molar-refractivity contribution in [3.05, 3.63) is 27.8 Å². The monoisotopic (exact) mass is 423 g/mol. The summed E-state index contributed by atoms with van der Waals surface area (Å²) < 4.78 is 39.3. The summed E-state index contributed by atoms with van der Waals surface area (Å²) in [6.07, 6.45) is 2.10. The molecule has 0 amide bonds. The van der Waals surface area contributed by atoms with Gasteiger partial charge in [-0.05, 0) is 53.3 Å². The molecule has 0 atom stereocenters. The number of hydrogen-bond donors (Lipinski definition) is 0. The van der Waals surface area contributed by atoms with Crippen molar-refractivity contribution in [3.63, 3.8) is 0 Å². The van der Waals surface area contributed by atoms with Crippen LogP contribution in [0, 0.1) is 3.57 Å². The number of benzene rings is 1. The van der Waals surface area contributed by atoms with E-state index in [1.807, 2.05) is 12.1 Å². The zero-order valence-electron chi connectivity index (χ0n) is 11.6. The van der Waals surface area contributed by atoms with Gasteiger partial charge in [0.25, 0.3) is 0 Å². The van der Waals surface area contributed by atoms with Crippen LogP contribution >= 0.6 is 22.6 Å². The van der Waals surface area contributed by atoms with Gasteiger partial charge in [0.2, 0.25) is 10.0 Å². The third-order valence-corrected chi connectivity index (χ3v) is 6.59. The van der Waals surface area contributed by atoms with Crippen LogP contribution in [0.5, 0.6) is 0 Å². The Bertz CT molecular complexity index is 586. The van der Waals surface area contributed by atoms with Gasteiger partial charge < -0.3 is 9.47 Å². The smallest absolute Gasteiger partial charge is 0.243 e. The lowest BCUT2D eigenvalue weighted by Crippen LogP contribution is -2.51. The Morgan fingerprint density at radius 2 is 1.62 bits per heavy atom. The van der Waals surface area contributed by atoms with E-state index in [9.17, 15) is 8.42 Å². The first kappa shape index (κ1) is 15.7. The van der Waals surface area contributed by atoms with Crippen molar-refractivity contribution in [2.75, 3.05) is 26.3 Å². The molecule has 0 radical (unpaired) electrons. The van der Waals surface area contributed by atoms with Crippen LogP contribution in [0.25, 0.3) is 0 Å². The lowest BCUT2D eigenvalue weighted by molar-refractivity contribution is -0.280. The van der Waals surface area contributed by atoms with E-state index < -0.39 is 15.8 Å². The van der Waals surface area contributed by atoms with Gasteiger partial charge in [0.15, 0.2) is 5.79 Å². The quantitative estimate of drug-likeness (QED) is 0.685. The minimum atomic E-state index is -3.42. The maximum atomic E-state index is 12.6. The lowest BCUT2D eigenvalue weighted by Gasteiger charge is -2.42. The predicted octanol–water partition coefficient (Wildman–Crippen LogP) is 2.21. The van der Waals surface area contributed by atoms with Crippen molar-refractivity contribution >= 4 is 32.6 Å². The van der Waals surface area contributed by atoms with Gasteiger partial charge >= 0.3 is 0 Å². The summed E-state index contributed by atoms with van der Waals surface area (Å²) in [6.45, 7) is 2.27. The first-order chi connectivity index (χ1) is 10.0. The fourth-order valence-electron chi connectivity index (χ4n) is 2.73. The maximum Gasteiger partial charge on any atom is 0.243 e. The second-order valence-electron chi connectivity index (χ2n) is 5.32. The number of halogens is 1. The summed E-state index contributed by atoms with van der Waals surface area (Å²) in [5.74, 6) is -0.559. The molecule has 0 bridgehead atoms. The molecule has 2 aliphatic rings. The summed E-state index contributed by atoms with van der Waals surface area (Å²) >= 11 is 2.16. The molecule has 5 nitrogen and oxygen atoms in total. The minimum Gasteiger partial charge on any atom is -0.350 e. The molecule has 0 saturated carbocycles. The van der Waals surface area contributed by atoms with Gasteiger partial charge in [0.05, 0.1) is 18.1 Å². The molecular weight excluding hydrogens is 405 g/mol. The summed E-state index contributed by atoms with van der Waals surface area (Å²) in [5.41, 5.74) is 0. The van der Waals surface area contributed by atoms with E-state index in [0.717, 1.165) is 9.99 Å². The molecule has 2 aliphatic heterocycles. The summed E-state index contributed by atoms with van der Waals surface area (Å²) in [6, 6.07) is 6.95. The molecule has 1 aromatic carbocycles. The first-order valence-corrected chi connectivity index (χ1v) is 9.57. The van der Waals surface area contributed by atoms with Gasteiger partial charge in [-0.25, -0.2) is 8.42 Å². The summed E-state index contributed by atoms with van der Waals surface area (Å²) in [4.78, 5) is 0.351. The minimum absolute atomic E-state index is 0.351. The molecule has 7 heteroatoms. The van der Waals surface area contributed by atoms with E-state index in [-0.39, 0.29) is 0 Å². The van der Waals surface area contributed by atoms with E-state index in [1.54, 1.807) is 12.1 Å². The normalized spacial score (nSPS) is 23.3. The zero-order chi connectivity index (χ0) is 14.9. The second-order valence-corrected chi connectivity index (χ2v) is 8.50. The topological polar surface area (TPSA) is 55.8 Å². The van der Waals surface area contributed by atoms with E-state index >= 15 is 0 Å². The van der Waals surface area contributed by atoms with E-state index in [2.05, 4.69) is 22.6 Å². The van der Waals surface area contributed by atoms with Crippen molar-refractivity contribution in [1.82, 2.24) is 4.31 Å². The summed E-state index contributed by atoms with van der Waals surface area (Å²) in [7, 11) is -3.42. The molecule has 0 N–H and O–H groups in total. The number of hydrogen-bond acceptors (Lipinski definition) is 4. The zero-order valence-corrected chi connectivity index (χ0v) is 14.6. The van der Waals surface area contributed by atoms with Gasteiger partial charge in [0.1, 0.15) is 0 Å². The Kier molecular flexibility index (Phi) is 4.56. The molecule has 0 aliphatic carbocycles. The number of sulfonamides is 1. The molecule has 0 unspecified atom stereocenters. The number of piperidine rings is 1. The predicted molar refractivity (Wildman–Crippen MR) is 86.4 cm³/mol. The van der Waals surface area contributed by atoms with E-state index in [4.69, 9.17) is 9.47 Å². The van der Waals surface area contributed by atoms with Gasteiger partial charge in [-0.2, -0.15) is 4.31 Å². The van der Waals surface area contributed by atoms with Gasteiger partial charge in [-0.1, -0.05) is 0 Å². The van der Waals surface area contributed by atoms with Crippen LogP contribution in [0.15, 0.2) is 29.2 Å². The highest BCUT2D eigenvalue weighted by Gasteiger charge is 2.41. The van der Waals surface area contributed by atoms with Crippen LogP contribution in [-0.2, 0) is 19.5 Å². The average Bonchev–Trinajstić information content (AvgIpc) is 2.49. The molecule has 1 spiro atoms. The molecule has 0 aromatic heterocycles. The molecular formula is C14H18INO4S. The Hall–Kier alpha value is -0.220. The van der Waals surface area contributed by atoms with Gasteiger partial charge in [-0.15, -0.1) is 0 Å². The first-order valence-electron chi connectivity index (χ1n) is 7.06.